The SMILES string of the molecule is CCC(=O)OOc1cc([N+](=O)[O-])ccc1C(C)C. The van der Waals surface area contributed by atoms with Crippen molar-refractivity contribution in [1.29, 1.82) is 0 Å². The summed E-state index contributed by atoms with van der Waals surface area (Å²) in [6, 6.07) is 4.24. The fraction of sp³-hybridized carbons (Fsp3) is 0.417. The molecule has 0 saturated heterocycles. The molecule has 0 amide bonds. The van der Waals surface area contributed by atoms with Crippen molar-refractivity contribution in [2.75, 3.05) is 0 Å². The first kappa shape index (κ1) is 14.0. The Hall–Kier alpha value is -2.11. The minimum absolute atomic E-state index is 0.0983. The molecular weight excluding hydrogens is 238 g/mol. The highest BCUT2D eigenvalue weighted by atomic mass is 17.2. The Bertz CT molecular complexity index is 456. The van der Waals surface area contributed by atoms with Crippen LogP contribution < -0.4 is 4.89 Å². The van der Waals surface area contributed by atoms with E-state index in [1.165, 1.54) is 12.1 Å². The van der Waals surface area contributed by atoms with Gasteiger partial charge in [-0.25, -0.2) is 4.79 Å². The highest BCUT2D eigenvalue weighted by molar-refractivity contribution is 5.68. The molecule has 1 rings (SSSR count). The smallest absolute Gasteiger partial charge is 0.286 e. The number of hydrogen-bond donors (Lipinski definition) is 0. The number of benzene rings is 1. The maximum Gasteiger partial charge on any atom is 0.355 e. The first-order chi connectivity index (χ1) is 8.45. The number of non-ortho nitro benzene ring substituents is 1. The molecule has 0 saturated carbocycles. The molecular formula is C12H15NO5. The fourth-order valence-electron chi connectivity index (χ4n) is 1.34. The molecule has 18 heavy (non-hydrogen) atoms. The minimum Gasteiger partial charge on any atom is -0.286 e. The molecule has 0 fully saturated rings. The van der Waals surface area contributed by atoms with E-state index in [1.807, 2.05) is 13.8 Å². The molecule has 0 aliphatic rings. The topological polar surface area (TPSA) is 78.7 Å². The lowest BCUT2D eigenvalue weighted by molar-refractivity contribution is -0.385. The maximum atomic E-state index is 11.0. The van der Waals surface area contributed by atoms with E-state index in [2.05, 4.69) is 4.89 Å². The molecule has 0 aromatic heterocycles. The molecule has 6 heteroatoms. The van der Waals surface area contributed by atoms with Gasteiger partial charge in [0.05, 0.1) is 11.0 Å². The molecule has 0 N–H and O–H groups in total. The van der Waals surface area contributed by atoms with Crippen molar-refractivity contribution in [1.82, 2.24) is 0 Å². The number of nitrogens with zero attached hydrogens (tertiary/aromatic N) is 1. The Morgan fingerprint density at radius 3 is 2.61 bits per heavy atom. The summed E-state index contributed by atoms with van der Waals surface area (Å²) in [5, 5.41) is 10.7. The van der Waals surface area contributed by atoms with Gasteiger partial charge in [-0.2, -0.15) is 0 Å². The van der Waals surface area contributed by atoms with Gasteiger partial charge in [0.15, 0.2) is 5.75 Å². The van der Waals surface area contributed by atoms with Crippen LogP contribution in [-0.2, 0) is 9.68 Å². The second-order valence-corrected chi connectivity index (χ2v) is 4.03. The van der Waals surface area contributed by atoms with Gasteiger partial charge < -0.3 is 0 Å². The average molecular weight is 253 g/mol. The Balaban J connectivity index is 3.00. The summed E-state index contributed by atoms with van der Waals surface area (Å²) >= 11 is 0. The first-order valence-electron chi connectivity index (χ1n) is 5.61. The van der Waals surface area contributed by atoms with Gasteiger partial charge in [-0.15, -0.1) is 0 Å². The third-order valence-corrected chi connectivity index (χ3v) is 2.34. The summed E-state index contributed by atoms with van der Waals surface area (Å²) in [6.45, 7) is 5.45. The molecule has 0 spiro atoms. The van der Waals surface area contributed by atoms with Crippen LogP contribution in [0.3, 0.4) is 0 Å². The summed E-state index contributed by atoms with van der Waals surface area (Å²) in [6.07, 6.45) is 0.173. The maximum absolute atomic E-state index is 11.0. The minimum atomic E-state index is -0.531. The van der Waals surface area contributed by atoms with Gasteiger partial charge in [-0.05, 0) is 12.0 Å². The summed E-state index contributed by atoms with van der Waals surface area (Å²) in [7, 11) is 0. The molecule has 98 valence electrons. The summed E-state index contributed by atoms with van der Waals surface area (Å²) in [5.74, 6) is -0.238. The predicted molar refractivity (Wildman–Crippen MR) is 64.2 cm³/mol. The highest BCUT2D eigenvalue weighted by Crippen LogP contribution is 2.30. The lowest BCUT2D eigenvalue weighted by Gasteiger charge is -2.11. The molecule has 0 aliphatic carbocycles. The second-order valence-electron chi connectivity index (χ2n) is 4.03. The van der Waals surface area contributed by atoms with Crippen LogP contribution in [0.25, 0.3) is 0 Å². The third-order valence-electron chi connectivity index (χ3n) is 2.34. The number of rotatable bonds is 5. The lowest BCUT2D eigenvalue weighted by Crippen LogP contribution is -2.08. The van der Waals surface area contributed by atoms with Gasteiger partial charge in [0.2, 0.25) is 0 Å². The van der Waals surface area contributed by atoms with E-state index >= 15 is 0 Å². The van der Waals surface area contributed by atoms with E-state index < -0.39 is 10.9 Å². The molecule has 0 bridgehead atoms. The molecule has 0 aliphatic heterocycles. The summed E-state index contributed by atoms with van der Waals surface area (Å²) < 4.78 is 0. The number of nitro benzene ring substituents is 1. The molecule has 1 aromatic rings. The van der Waals surface area contributed by atoms with Crippen LogP contribution in [0, 0.1) is 10.1 Å². The Morgan fingerprint density at radius 1 is 1.44 bits per heavy atom. The van der Waals surface area contributed by atoms with Crippen LogP contribution in [0.2, 0.25) is 0 Å². The highest BCUT2D eigenvalue weighted by Gasteiger charge is 2.16. The van der Waals surface area contributed by atoms with Crippen LogP contribution in [-0.4, -0.2) is 10.9 Å². The van der Waals surface area contributed by atoms with E-state index in [9.17, 15) is 14.9 Å². The zero-order chi connectivity index (χ0) is 13.7. The molecule has 0 radical (unpaired) electrons. The normalized spacial score (nSPS) is 10.2. The monoisotopic (exact) mass is 253 g/mol. The average Bonchev–Trinajstić information content (AvgIpc) is 2.35. The van der Waals surface area contributed by atoms with E-state index in [1.54, 1.807) is 13.0 Å². The Labute approximate surface area is 105 Å². The van der Waals surface area contributed by atoms with E-state index in [0.29, 0.717) is 0 Å². The van der Waals surface area contributed by atoms with Crippen LogP contribution >= 0.6 is 0 Å². The third kappa shape index (κ3) is 3.44. The van der Waals surface area contributed by atoms with Gasteiger partial charge >= 0.3 is 5.97 Å². The largest absolute Gasteiger partial charge is 0.355 e. The van der Waals surface area contributed by atoms with Crippen molar-refractivity contribution >= 4 is 11.7 Å². The van der Waals surface area contributed by atoms with Gasteiger partial charge in [0.1, 0.15) is 0 Å². The quantitative estimate of drug-likeness (QED) is 0.458. The molecule has 6 nitrogen and oxygen atoms in total. The van der Waals surface area contributed by atoms with Gasteiger partial charge in [-0.1, -0.05) is 20.8 Å². The van der Waals surface area contributed by atoms with E-state index in [4.69, 9.17) is 4.89 Å². The molecule has 1 aromatic carbocycles. The lowest BCUT2D eigenvalue weighted by atomic mass is 10.0. The number of hydrogen-bond acceptors (Lipinski definition) is 5. The first-order valence-corrected chi connectivity index (χ1v) is 5.61. The molecule has 0 atom stereocenters. The number of carbonyl (C=O) groups is 1. The fourth-order valence-corrected chi connectivity index (χ4v) is 1.34. The van der Waals surface area contributed by atoms with E-state index in [-0.39, 0.29) is 23.8 Å². The van der Waals surface area contributed by atoms with Gasteiger partial charge in [0, 0.05) is 18.1 Å². The molecule has 0 unspecified atom stereocenters. The predicted octanol–water partition coefficient (Wildman–Crippen LogP) is 2.97. The van der Waals surface area contributed by atoms with Gasteiger partial charge in [0.25, 0.3) is 5.69 Å². The standard InChI is InChI=1S/C12H15NO5/c1-4-12(14)18-17-11-7-9(13(15)16)5-6-10(11)8(2)3/h5-8H,4H2,1-3H3. The van der Waals surface area contributed by atoms with Crippen molar-refractivity contribution < 1.29 is 19.5 Å². The molecule has 0 heterocycles. The van der Waals surface area contributed by atoms with Crippen molar-refractivity contribution in [3.8, 4) is 5.75 Å². The van der Waals surface area contributed by atoms with Crippen molar-refractivity contribution in [3.05, 3.63) is 33.9 Å². The van der Waals surface area contributed by atoms with Crippen molar-refractivity contribution in [2.24, 2.45) is 0 Å². The van der Waals surface area contributed by atoms with E-state index in [0.717, 1.165) is 5.56 Å². The van der Waals surface area contributed by atoms with Crippen LogP contribution in [0.5, 0.6) is 5.75 Å². The Kier molecular flexibility index (Phi) is 4.65. The second kappa shape index (κ2) is 6.00. The van der Waals surface area contributed by atoms with Crippen molar-refractivity contribution in [3.63, 3.8) is 0 Å². The Morgan fingerprint density at radius 2 is 2.11 bits per heavy atom. The van der Waals surface area contributed by atoms with Crippen LogP contribution in [0.1, 0.15) is 38.7 Å². The van der Waals surface area contributed by atoms with Crippen LogP contribution in [0.15, 0.2) is 18.2 Å². The summed E-state index contributed by atoms with van der Waals surface area (Å²) in [5.41, 5.74) is 0.631. The number of carbonyl (C=O) groups excluding carboxylic acids is 1. The zero-order valence-corrected chi connectivity index (χ0v) is 10.5. The zero-order valence-electron chi connectivity index (χ0n) is 10.5. The summed E-state index contributed by atoms with van der Waals surface area (Å²) in [4.78, 5) is 30.6. The number of nitro groups is 1. The van der Waals surface area contributed by atoms with Crippen molar-refractivity contribution in [2.45, 2.75) is 33.1 Å². The van der Waals surface area contributed by atoms with Crippen LogP contribution in [0.4, 0.5) is 5.69 Å². The van der Waals surface area contributed by atoms with Gasteiger partial charge in [-0.3, -0.25) is 19.9 Å².